The summed E-state index contributed by atoms with van der Waals surface area (Å²) in [5, 5.41) is 0. The standard InChI is InChI=1S/C32H22N4/c1-3-11-23(12-4-1)29-31(35-21-19-33-29)27-17-9-7-15-25(27)26-16-8-10-18-28(26)32-30(34-20-22-36-32)24-13-5-2-6-14-24/h1-22H. The Labute approximate surface area is 210 Å². The second-order valence-electron chi connectivity index (χ2n) is 8.33. The Morgan fingerprint density at radius 2 is 0.583 bits per heavy atom. The summed E-state index contributed by atoms with van der Waals surface area (Å²) in [5.74, 6) is 0. The van der Waals surface area contributed by atoms with Gasteiger partial charge in [0.1, 0.15) is 0 Å². The summed E-state index contributed by atoms with van der Waals surface area (Å²) < 4.78 is 0. The fraction of sp³-hybridized carbons (Fsp3) is 0. The van der Waals surface area contributed by atoms with E-state index < -0.39 is 0 Å². The fourth-order valence-corrected chi connectivity index (χ4v) is 4.53. The van der Waals surface area contributed by atoms with E-state index in [-0.39, 0.29) is 0 Å². The zero-order valence-corrected chi connectivity index (χ0v) is 19.5. The van der Waals surface area contributed by atoms with Crippen molar-refractivity contribution in [3.63, 3.8) is 0 Å². The molecule has 0 N–H and O–H groups in total. The summed E-state index contributed by atoms with van der Waals surface area (Å²) in [6.45, 7) is 0. The summed E-state index contributed by atoms with van der Waals surface area (Å²) in [6.07, 6.45) is 6.99. The molecule has 0 bridgehead atoms. The lowest BCUT2D eigenvalue weighted by atomic mass is 9.90. The molecular weight excluding hydrogens is 440 g/mol. The van der Waals surface area contributed by atoms with Gasteiger partial charge in [-0.1, -0.05) is 109 Å². The van der Waals surface area contributed by atoms with E-state index in [1.165, 1.54) is 0 Å². The smallest absolute Gasteiger partial charge is 0.0971 e. The van der Waals surface area contributed by atoms with Gasteiger partial charge in [0.25, 0.3) is 0 Å². The first-order chi connectivity index (χ1) is 17.9. The first-order valence-electron chi connectivity index (χ1n) is 11.8. The molecule has 2 aromatic heterocycles. The molecule has 0 unspecified atom stereocenters. The molecule has 0 spiro atoms. The van der Waals surface area contributed by atoms with Crippen molar-refractivity contribution >= 4 is 0 Å². The van der Waals surface area contributed by atoms with Crippen LogP contribution in [-0.4, -0.2) is 19.9 Å². The molecule has 0 amide bonds. The molecule has 0 atom stereocenters. The molecule has 0 aliphatic rings. The molecular formula is C32H22N4. The van der Waals surface area contributed by atoms with E-state index in [0.29, 0.717) is 0 Å². The van der Waals surface area contributed by atoms with Crippen LogP contribution in [0.3, 0.4) is 0 Å². The van der Waals surface area contributed by atoms with Gasteiger partial charge in [-0.05, 0) is 11.1 Å². The van der Waals surface area contributed by atoms with Crippen molar-refractivity contribution in [2.75, 3.05) is 0 Å². The minimum absolute atomic E-state index is 0.844. The highest BCUT2D eigenvalue weighted by atomic mass is 14.8. The SMILES string of the molecule is c1ccc(-c2nccnc2-c2ccccc2-c2ccccc2-c2nccnc2-c2ccccc2)cc1. The van der Waals surface area contributed by atoms with Gasteiger partial charge in [-0.15, -0.1) is 0 Å². The van der Waals surface area contributed by atoms with Crippen LogP contribution in [0.1, 0.15) is 0 Å². The zero-order chi connectivity index (χ0) is 24.2. The Morgan fingerprint density at radius 1 is 0.278 bits per heavy atom. The molecule has 0 aliphatic carbocycles. The van der Waals surface area contributed by atoms with Crippen molar-refractivity contribution in [2.24, 2.45) is 0 Å². The largest absolute Gasteiger partial charge is 0.252 e. The molecule has 170 valence electrons. The van der Waals surface area contributed by atoms with Crippen molar-refractivity contribution < 1.29 is 0 Å². The molecule has 6 rings (SSSR count). The molecule has 2 heterocycles. The van der Waals surface area contributed by atoms with Gasteiger partial charge >= 0.3 is 0 Å². The van der Waals surface area contributed by atoms with Crippen molar-refractivity contribution in [3.05, 3.63) is 134 Å². The van der Waals surface area contributed by atoms with Crippen molar-refractivity contribution in [1.82, 2.24) is 19.9 Å². The molecule has 36 heavy (non-hydrogen) atoms. The maximum Gasteiger partial charge on any atom is 0.0971 e. The average molecular weight is 463 g/mol. The maximum atomic E-state index is 4.79. The van der Waals surface area contributed by atoms with Crippen molar-refractivity contribution in [2.45, 2.75) is 0 Å². The van der Waals surface area contributed by atoms with Gasteiger partial charge in [0, 0.05) is 47.0 Å². The summed E-state index contributed by atoms with van der Waals surface area (Å²) in [7, 11) is 0. The van der Waals surface area contributed by atoms with Gasteiger partial charge in [-0.3, -0.25) is 19.9 Å². The Bertz CT molecular complexity index is 1500. The Hall–Kier alpha value is -4.96. The number of hydrogen-bond acceptors (Lipinski definition) is 4. The normalized spacial score (nSPS) is 10.8. The van der Waals surface area contributed by atoms with Gasteiger partial charge in [0.2, 0.25) is 0 Å². The second-order valence-corrected chi connectivity index (χ2v) is 8.33. The monoisotopic (exact) mass is 462 g/mol. The van der Waals surface area contributed by atoms with E-state index in [4.69, 9.17) is 19.9 Å². The van der Waals surface area contributed by atoms with Crippen LogP contribution in [0, 0.1) is 0 Å². The minimum Gasteiger partial charge on any atom is -0.252 e. The Morgan fingerprint density at radius 3 is 0.972 bits per heavy atom. The summed E-state index contributed by atoms with van der Waals surface area (Å²) >= 11 is 0. The topological polar surface area (TPSA) is 51.6 Å². The molecule has 0 aliphatic heterocycles. The fourth-order valence-electron chi connectivity index (χ4n) is 4.53. The third-order valence-corrected chi connectivity index (χ3v) is 6.15. The summed E-state index contributed by atoms with van der Waals surface area (Å²) in [6, 6.07) is 37.1. The number of benzene rings is 4. The van der Waals surface area contributed by atoms with E-state index in [9.17, 15) is 0 Å². The molecule has 6 aromatic rings. The lowest BCUT2D eigenvalue weighted by Gasteiger charge is -2.16. The van der Waals surface area contributed by atoms with Gasteiger partial charge < -0.3 is 0 Å². The molecule has 0 saturated carbocycles. The Kier molecular flexibility index (Phi) is 5.83. The first kappa shape index (κ1) is 21.6. The van der Waals surface area contributed by atoms with Gasteiger partial charge in [0.05, 0.1) is 22.8 Å². The van der Waals surface area contributed by atoms with E-state index in [2.05, 4.69) is 60.7 Å². The van der Waals surface area contributed by atoms with Gasteiger partial charge in [-0.2, -0.15) is 0 Å². The van der Waals surface area contributed by atoms with Crippen molar-refractivity contribution in [3.8, 4) is 56.2 Å². The highest BCUT2D eigenvalue weighted by Gasteiger charge is 2.19. The van der Waals surface area contributed by atoms with Crippen LogP contribution < -0.4 is 0 Å². The van der Waals surface area contributed by atoms with Crippen LogP contribution >= 0.6 is 0 Å². The van der Waals surface area contributed by atoms with E-state index in [0.717, 1.165) is 56.2 Å². The van der Waals surface area contributed by atoms with Crippen LogP contribution in [0.15, 0.2) is 134 Å². The maximum absolute atomic E-state index is 4.79. The molecule has 4 aromatic carbocycles. The van der Waals surface area contributed by atoms with E-state index in [1.807, 2.05) is 48.5 Å². The number of rotatable bonds is 5. The van der Waals surface area contributed by atoms with Crippen LogP contribution in [0.25, 0.3) is 56.2 Å². The highest BCUT2D eigenvalue weighted by Crippen LogP contribution is 2.41. The van der Waals surface area contributed by atoms with Crippen LogP contribution in [0.2, 0.25) is 0 Å². The quantitative estimate of drug-likeness (QED) is 0.265. The lowest BCUT2D eigenvalue weighted by molar-refractivity contribution is 1.21. The zero-order valence-electron chi connectivity index (χ0n) is 19.5. The average Bonchev–Trinajstić information content (AvgIpc) is 2.98. The minimum atomic E-state index is 0.844. The predicted molar refractivity (Wildman–Crippen MR) is 145 cm³/mol. The highest BCUT2D eigenvalue weighted by molar-refractivity contribution is 5.95. The lowest BCUT2D eigenvalue weighted by Crippen LogP contribution is -1.97. The number of aromatic nitrogens is 4. The first-order valence-corrected chi connectivity index (χ1v) is 11.8. The van der Waals surface area contributed by atoms with E-state index >= 15 is 0 Å². The molecule has 0 saturated heterocycles. The van der Waals surface area contributed by atoms with Crippen LogP contribution in [0.4, 0.5) is 0 Å². The summed E-state index contributed by atoms with van der Waals surface area (Å²) in [4.78, 5) is 19.0. The van der Waals surface area contributed by atoms with Gasteiger partial charge in [0.15, 0.2) is 0 Å². The molecule has 4 nitrogen and oxygen atoms in total. The van der Waals surface area contributed by atoms with Crippen molar-refractivity contribution in [1.29, 1.82) is 0 Å². The van der Waals surface area contributed by atoms with Crippen LogP contribution in [0.5, 0.6) is 0 Å². The van der Waals surface area contributed by atoms with E-state index in [1.54, 1.807) is 24.8 Å². The third-order valence-electron chi connectivity index (χ3n) is 6.15. The number of nitrogens with zero attached hydrogens (tertiary/aromatic N) is 4. The number of hydrogen-bond donors (Lipinski definition) is 0. The Balaban J connectivity index is 1.56. The molecule has 0 radical (unpaired) electrons. The van der Waals surface area contributed by atoms with Crippen LogP contribution in [-0.2, 0) is 0 Å². The van der Waals surface area contributed by atoms with Gasteiger partial charge in [-0.25, -0.2) is 0 Å². The summed E-state index contributed by atoms with van der Waals surface area (Å²) in [5.41, 5.74) is 9.62. The predicted octanol–water partition coefficient (Wildman–Crippen LogP) is 7.60. The third kappa shape index (κ3) is 4.05. The second kappa shape index (κ2) is 9.72. The molecule has 4 heteroatoms. The molecule has 0 fully saturated rings.